The van der Waals surface area contributed by atoms with Gasteiger partial charge in [0.2, 0.25) is 5.91 Å². The molecule has 0 saturated carbocycles. The van der Waals surface area contributed by atoms with Gasteiger partial charge in [-0.15, -0.1) is 0 Å². The number of aryl methyl sites for hydroxylation is 1. The van der Waals surface area contributed by atoms with Gasteiger partial charge in [-0.3, -0.25) is 9.59 Å². The van der Waals surface area contributed by atoms with Crippen molar-refractivity contribution >= 4 is 17.6 Å². The van der Waals surface area contributed by atoms with E-state index >= 15 is 0 Å². The number of rotatable bonds is 4. The van der Waals surface area contributed by atoms with E-state index in [0.29, 0.717) is 11.6 Å². The van der Waals surface area contributed by atoms with E-state index in [1.54, 1.807) is 26.0 Å². The second-order valence-corrected chi connectivity index (χ2v) is 3.98. The first-order valence-corrected chi connectivity index (χ1v) is 5.65. The number of hydrogen-bond donors (Lipinski definition) is 2. The van der Waals surface area contributed by atoms with Crippen molar-refractivity contribution in [3.63, 3.8) is 0 Å². The fraction of sp³-hybridized carbons (Fsp3) is 0.250. The van der Waals surface area contributed by atoms with Gasteiger partial charge < -0.3 is 19.6 Å². The summed E-state index contributed by atoms with van der Waals surface area (Å²) in [6, 6.07) is 3.96. The molecular weight excluding hydrogens is 250 g/mol. The predicted molar refractivity (Wildman–Crippen MR) is 65.5 cm³/mol. The molecule has 2 rings (SSSR count). The maximum Gasteiger partial charge on any atom is 0.287 e. The highest BCUT2D eigenvalue weighted by Crippen LogP contribution is 2.07. The second-order valence-electron chi connectivity index (χ2n) is 3.98. The Hall–Kier alpha value is -2.57. The Kier molecular flexibility index (Phi) is 3.65. The van der Waals surface area contributed by atoms with Gasteiger partial charge in [0.15, 0.2) is 11.6 Å². The van der Waals surface area contributed by atoms with Crippen LogP contribution in [0.15, 0.2) is 33.4 Å². The summed E-state index contributed by atoms with van der Waals surface area (Å²) < 4.78 is 9.74. The van der Waals surface area contributed by atoms with E-state index in [4.69, 9.17) is 8.94 Å². The molecule has 0 saturated heterocycles. The van der Waals surface area contributed by atoms with Gasteiger partial charge in [0.25, 0.3) is 5.91 Å². The fourth-order valence-corrected chi connectivity index (χ4v) is 1.40. The lowest BCUT2D eigenvalue weighted by molar-refractivity contribution is -0.117. The van der Waals surface area contributed by atoms with Gasteiger partial charge in [0.05, 0.1) is 6.26 Å². The topological polar surface area (TPSA) is 97.4 Å². The highest BCUT2D eigenvalue weighted by molar-refractivity contribution is 5.99. The van der Waals surface area contributed by atoms with Crippen molar-refractivity contribution < 1.29 is 18.5 Å². The Morgan fingerprint density at radius 2 is 2.21 bits per heavy atom. The van der Waals surface area contributed by atoms with Crippen LogP contribution in [0.1, 0.15) is 23.2 Å². The second kappa shape index (κ2) is 5.38. The van der Waals surface area contributed by atoms with Crippen LogP contribution in [0, 0.1) is 6.92 Å². The number of anilines is 1. The Balaban J connectivity index is 1.91. The summed E-state index contributed by atoms with van der Waals surface area (Å²) in [5, 5.41) is 8.66. The van der Waals surface area contributed by atoms with E-state index in [1.165, 1.54) is 12.3 Å². The molecule has 1 unspecified atom stereocenters. The summed E-state index contributed by atoms with van der Waals surface area (Å²) in [4.78, 5) is 23.4. The van der Waals surface area contributed by atoms with Crippen LogP contribution in [-0.2, 0) is 4.79 Å². The van der Waals surface area contributed by atoms with E-state index in [1.807, 2.05) is 0 Å². The average Bonchev–Trinajstić information content (AvgIpc) is 3.00. The smallest absolute Gasteiger partial charge is 0.287 e. The van der Waals surface area contributed by atoms with Crippen LogP contribution in [0.2, 0.25) is 0 Å². The number of carbonyl (C=O) groups is 2. The van der Waals surface area contributed by atoms with Gasteiger partial charge in [0.1, 0.15) is 11.8 Å². The van der Waals surface area contributed by atoms with Crippen LogP contribution in [0.4, 0.5) is 5.82 Å². The third-order valence-electron chi connectivity index (χ3n) is 2.37. The number of nitrogens with one attached hydrogen (secondary N) is 2. The lowest BCUT2D eigenvalue weighted by Gasteiger charge is -2.11. The normalized spacial score (nSPS) is 11.9. The van der Waals surface area contributed by atoms with Crippen LogP contribution >= 0.6 is 0 Å². The van der Waals surface area contributed by atoms with Crippen molar-refractivity contribution in [1.29, 1.82) is 0 Å². The number of furan rings is 1. The minimum Gasteiger partial charge on any atom is -0.459 e. The molecule has 0 aliphatic heterocycles. The van der Waals surface area contributed by atoms with Gasteiger partial charge in [-0.1, -0.05) is 5.16 Å². The number of hydrogen-bond acceptors (Lipinski definition) is 5. The largest absolute Gasteiger partial charge is 0.459 e. The molecule has 7 heteroatoms. The zero-order valence-electron chi connectivity index (χ0n) is 10.5. The number of amides is 2. The maximum absolute atomic E-state index is 11.8. The number of carbonyl (C=O) groups excluding carboxylic acids is 2. The van der Waals surface area contributed by atoms with Crippen molar-refractivity contribution in [3.8, 4) is 0 Å². The van der Waals surface area contributed by atoms with Gasteiger partial charge in [-0.25, -0.2) is 0 Å². The molecule has 7 nitrogen and oxygen atoms in total. The van der Waals surface area contributed by atoms with Crippen LogP contribution in [-0.4, -0.2) is 23.0 Å². The Morgan fingerprint density at radius 3 is 2.79 bits per heavy atom. The summed E-state index contributed by atoms with van der Waals surface area (Å²) in [7, 11) is 0. The lowest BCUT2D eigenvalue weighted by atomic mass is 10.3. The fourth-order valence-electron chi connectivity index (χ4n) is 1.40. The zero-order chi connectivity index (χ0) is 13.8. The van der Waals surface area contributed by atoms with Crippen molar-refractivity contribution in [2.75, 3.05) is 5.32 Å². The van der Waals surface area contributed by atoms with Crippen molar-refractivity contribution in [2.24, 2.45) is 0 Å². The van der Waals surface area contributed by atoms with Crippen molar-refractivity contribution in [2.45, 2.75) is 19.9 Å². The highest BCUT2D eigenvalue weighted by Gasteiger charge is 2.18. The van der Waals surface area contributed by atoms with E-state index < -0.39 is 17.9 Å². The summed E-state index contributed by atoms with van der Waals surface area (Å²) >= 11 is 0. The van der Waals surface area contributed by atoms with Crippen LogP contribution in [0.3, 0.4) is 0 Å². The summed E-state index contributed by atoms with van der Waals surface area (Å²) in [5.41, 5.74) is 0. The molecular formula is C12H13N3O4. The van der Waals surface area contributed by atoms with E-state index in [-0.39, 0.29) is 5.76 Å². The molecule has 2 amide bonds. The Bertz CT molecular complexity index is 574. The average molecular weight is 263 g/mol. The van der Waals surface area contributed by atoms with E-state index in [2.05, 4.69) is 15.8 Å². The minimum absolute atomic E-state index is 0.150. The molecule has 0 bridgehead atoms. The quantitative estimate of drug-likeness (QED) is 0.867. The molecule has 2 aromatic rings. The molecule has 0 aromatic carbocycles. The monoisotopic (exact) mass is 263 g/mol. The molecule has 19 heavy (non-hydrogen) atoms. The first kappa shape index (κ1) is 12.9. The number of nitrogens with zero attached hydrogens (tertiary/aromatic N) is 1. The molecule has 0 fully saturated rings. The maximum atomic E-state index is 11.8. The molecule has 2 aromatic heterocycles. The standard InChI is InChI=1S/C12H13N3O4/c1-7-6-10(15-19-7)14-11(16)8(2)13-12(17)9-4-3-5-18-9/h3-6,8H,1-2H3,(H,13,17)(H,14,15,16). The molecule has 0 spiro atoms. The molecule has 0 radical (unpaired) electrons. The van der Waals surface area contributed by atoms with Crippen molar-refractivity contribution in [3.05, 3.63) is 36.0 Å². The third kappa shape index (κ3) is 3.21. The first-order valence-electron chi connectivity index (χ1n) is 5.65. The molecule has 2 heterocycles. The zero-order valence-corrected chi connectivity index (χ0v) is 10.5. The van der Waals surface area contributed by atoms with Gasteiger partial charge in [0, 0.05) is 6.07 Å². The summed E-state index contributed by atoms with van der Waals surface area (Å²) in [5.74, 6) is 0.193. The van der Waals surface area contributed by atoms with Gasteiger partial charge >= 0.3 is 0 Å². The summed E-state index contributed by atoms with van der Waals surface area (Å²) in [6.45, 7) is 3.27. The first-order chi connectivity index (χ1) is 9.06. The summed E-state index contributed by atoms with van der Waals surface area (Å²) in [6.07, 6.45) is 1.39. The SMILES string of the molecule is Cc1cc(NC(=O)C(C)NC(=O)c2ccco2)no1. The highest BCUT2D eigenvalue weighted by atomic mass is 16.5. The van der Waals surface area contributed by atoms with E-state index in [9.17, 15) is 9.59 Å². The Labute approximate surface area is 108 Å². The molecule has 2 N–H and O–H groups in total. The lowest BCUT2D eigenvalue weighted by Crippen LogP contribution is -2.41. The van der Waals surface area contributed by atoms with Crippen LogP contribution in [0.25, 0.3) is 0 Å². The molecule has 0 aliphatic rings. The third-order valence-corrected chi connectivity index (χ3v) is 2.37. The van der Waals surface area contributed by atoms with E-state index in [0.717, 1.165) is 0 Å². The predicted octanol–water partition coefficient (Wildman–Crippen LogP) is 1.33. The van der Waals surface area contributed by atoms with Gasteiger partial charge in [-0.2, -0.15) is 0 Å². The Morgan fingerprint density at radius 1 is 1.42 bits per heavy atom. The van der Waals surface area contributed by atoms with Gasteiger partial charge in [-0.05, 0) is 26.0 Å². The van der Waals surface area contributed by atoms with Crippen LogP contribution in [0.5, 0.6) is 0 Å². The molecule has 1 atom stereocenters. The molecule has 0 aliphatic carbocycles. The van der Waals surface area contributed by atoms with Crippen LogP contribution < -0.4 is 10.6 Å². The molecule has 100 valence electrons. The number of aromatic nitrogens is 1. The van der Waals surface area contributed by atoms with Crippen molar-refractivity contribution in [1.82, 2.24) is 10.5 Å². The minimum atomic E-state index is -0.727.